The van der Waals surface area contributed by atoms with E-state index in [1.165, 1.54) is 0 Å². The van der Waals surface area contributed by atoms with E-state index in [1.54, 1.807) is 9.13 Å². The fourth-order valence-electron chi connectivity index (χ4n) is 19.1. The number of rotatable bonds is 9. The normalized spacial score (nSPS) is 15.8. The highest BCUT2D eigenvalue weighted by molar-refractivity contribution is 6.12. The number of benzene rings is 15. The van der Waals surface area contributed by atoms with Gasteiger partial charge < -0.3 is 18.9 Å². The van der Waals surface area contributed by atoms with Gasteiger partial charge in [0.2, 0.25) is 0 Å². The van der Waals surface area contributed by atoms with Crippen LogP contribution in [0.3, 0.4) is 0 Å². The molecule has 0 saturated heterocycles. The first kappa shape index (κ1) is 60.9. The topological polar surface area (TPSA) is 16.3 Å². The van der Waals surface area contributed by atoms with E-state index in [1.807, 2.05) is 24.3 Å². The molecule has 3 aliphatic rings. The summed E-state index contributed by atoms with van der Waals surface area (Å²) in [5.41, 5.74) is 24.1. The van der Waals surface area contributed by atoms with Crippen molar-refractivity contribution in [3.8, 4) is 55.9 Å². The maximum atomic E-state index is 10.1. The van der Waals surface area contributed by atoms with E-state index in [-0.39, 0.29) is 65.3 Å². The average Bonchev–Trinajstić information content (AvgIpc) is 1.48. The summed E-state index contributed by atoms with van der Waals surface area (Å²) in [4.78, 5) is 4.86. The largest absolute Gasteiger partial charge is 0.309 e. The fourth-order valence-corrected chi connectivity index (χ4v) is 19.1. The second-order valence-corrected chi connectivity index (χ2v) is 39.8. The monoisotopic (exact) mass is 1590 g/mol. The summed E-state index contributed by atoms with van der Waals surface area (Å²) in [6.45, 7) is 40.1. The number of aromatic nitrogens is 2. The maximum Gasteiger partial charge on any atom is 0.0645 e. The van der Waals surface area contributed by atoms with Gasteiger partial charge in [0, 0.05) is 72.6 Å². The second-order valence-electron chi connectivity index (χ2n) is 39.8. The van der Waals surface area contributed by atoms with Crippen molar-refractivity contribution >= 4 is 77.7 Å². The molecule has 4 nitrogen and oxygen atoms in total. The Balaban J connectivity index is 1.05. The van der Waals surface area contributed by atoms with E-state index in [0.29, 0.717) is 29.2 Å². The van der Waals surface area contributed by atoms with Gasteiger partial charge in [-0.15, -0.1) is 0 Å². The first-order chi connectivity index (χ1) is 64.4. The molecule has 2 aromatic heterocycles. The van der Waals surface area contributed by atoms with Crippen LogP contribution in [0, 0.1) is 0 Å². The van der Waals surface area contributed by atoms with Crippen molar-refractivity contribution in [2.75, 3.05) is 9.80 Å². The van der Waals surface area contributed by atoms with Gasteiger partial charge in [0.05, 0.1) is 78.1 Å². The van der Waals surface area contributed by atoms with Gasteiger partial charge in [-0.1, -0.05) is 355 Å². The molecular weight excluding hydrogens is 1460 g/mol. The average molecular weight is 1590 g/mol. The molecule has 20 rings (SSSR count). The fraction of sp³-hybridized carbons (Fsp3) is 0.231. The molecular formula is C117H110N4. The molecule has 0 radical (unpaired) electrons. The van der Waals surface area contributed by atoms with Crippen LogP contribution in [-0.4, -0.2) is 9.13 Å². The van der Waals surface area contributed by atoms with Crippen LogP contribution in [0.25, 0.3) is 99.5 Å². The molecule has 0 N–H and O–H groups in total. The lowest BCUT2D eigenvalue weighted by molar-refractivity contribution is 0.589. The van der Waals surface area contributed by atoms with Gasteiger partial charge in [0.15, 0.2) is 0 Å². The SMILES string of the molecule is [2H]c1c([2H])c([2H])c2c(c1[2H])c1c([2H])c([2H])c([2H])c([2H])c1n2-c1ccc2c(c1)N(c1c(-c3ccc(C(C)(C)C)cc3)cc(C(C)(C)C)cc1-c1ccc(C(C)(C)C)cc1)c1cc(C3c4ccccc4Cc4ccccc43)cc3c1C2c1ccc(-n2c4c([2H])c([2H])c([2H])c([2H])c4c4c([2H])c([2H])c([2H])c([2H])c42)cc1N3c1c(-c2ccc(C(C)(C)C)cc2)cc(C(C)(C)C)cc1-c1ccc(C(C)(C)C)cc1. The molecule has 15 aromatic carbocycles. The Morgan fingerprint density at radius 3 is 0.835 bits per heavy atom. The van der Waals surface area contributed by atoms with Crippen molar-refractivity contribution in [3.63, 3.8) is 0 Å². The Hall–Kier alpha value is -12.5. The number of fused-ring (bicyclic) bond motifs is 12. The van der Waals surface area contributed by atoms with Crippen molar-refractivity contribution in [3.05, 3.63) is 393 Å². The summed E-state index contributed by atoms with van der Waals surface area (Å²) < 4.78 is 159. The Bertz CT molecular complexity index is 7260. The van der Waals surface area contributed by atoms with Crippen molar-refractivity contribution in [2.45, 2.75) is 175 Å². The van der Waals surface area contributed by atoms with Crippen LogP contribution in [0.2, 0.25) is 0 Å². The second kappa shape index (κ2) is 28.0. The van der Waals surface area contributed by atoms with E-state index in [2.05, 4.69) is 329 Å². The number of hydrogen-bond donors (Lipinski definition) is 0. The summed E-state index contributed by atoms with van der Waals surface area (Å²) in [5, 5.41) is -0.292. The number of anilines is 6. The molecule has 17 aromatic rings. The summed E-state index contributed by atoms with van der Waals surface area (Å²) in [6, 6.07) is 71.1. The molecule has 121 heavy (non-hydrogen) atoms. The number of nitrogens with zero attached hydrogens (tertiary/aromatic N) is 4. The highest BCUT2D eigenvalue weighted by atomic mass is 15.2. The third kappa shape index (κ3) is 13.0. The number of para-hydroxylation sites is 4. The Morgan fingerprint density at radius 2 is 0.545 bits per heavy atom. The molecule has 598 valence electrons. The lowest BCUT2D eigenvalue weighted by Gasteiger charge is -2.47. The molecule has 0 amide bonds. The van der Waals surface area contributed by atoms with Gasteiger partial charge in [0.1, 0.15) is 0 Å². The molecule has 4 heterocycles. The van der Waals surface area contributed by atoms with Gasteiger partial charge in [-0.25, -0.2) is 0 Å². The van der Waals surface area contributed by atoms with Crippen LogP contribution >= 0.6 is 0 Å². The highest BCUT2D eigenvalue weighted by Crippen LogP contribution is 2.66. The summed E-state index contributed by atoms with van der Waals surface area (Å²) in [7, 11) is 0. The van der Waals surface area contributed by atoms with E-state index >= 15 is 0 Å². The van der Waals surface area contributed by atoms with Crippen LogP contribution in [0.5, 0.6) is 0 Å². The molecule has 1 aliphatic carbocycles. The third-order valence-electron chi connectivity index (χ3n) is 25.7. The molecule has 4 heteroatoms. The highest BCUT2D eigenvalue weighted by Gasteiger charge is 2.46. The molecule has 0 atom stereocenters. The third-order valence-corrected chi connectivity index (χ3v) is 25.7. The lowest BCUT2D eigenvalue weighted by atomic mass is 9.71. The van der Waals surface area contributed by atoms with E-state index < -0.39 is 119 Å². The van der Waals surface area contributed by atoms with Crippen LogP contribution in [0.15, 0.2) is 315 Å². The predicted octanol–water partition coefficient (Wildman–Crippen LogP) is 32.2. The van der Waals surface area contributed by atoms with Gasteiger partial charge in [-0.2, -0.15) is 0 Å². The van der Waals surface area contributed by atoms with Crippen molar-refractivity contribution < 1.29 is 21.9 Å². The molecule has 0 fully saturated rings. The predicted molar refractivity (Wildman–Crippen MR) is 516 cm³/mol. The molecule has 0 unspecified atom stereocenters. The van der Waals surface area contributed by atoms with E-state index in [0.717, 1.165) is 145 Å². The van der Waals surface area contributed by atoms with Crippen molar-refractivity contribution in [1.82, 2.24) is 9.13 Å². The van der Waals surface area contributed by atoms with Crippen LogP contribution in [-0.2, 0) is 38.9 Å². The minimum absolute atomic E-state index is 0.0511. The lowest BCUT2D eigenvalue weighted by Crippen LogP contribution is -2.31. The Kier molecular flexibility index (Phi) is 14.1. The van der Waals surface area contributed by atoms with Crippen LogP contribution in [0.4, 0.5) is 34.1 Å². The van der Waals surface area contributed by atoms with E-state index in [4.69, 9.17) is 0 Å². The maximum absolute atomic E-state index is 10.1. The minimum Gasteiger partial charge on any atom is -0.309 e. The summed E-state index contributed by atoms with van der Waals surface area (Å²) in [6.07, 6.45) is 0.654. The van der Waals surface area contributed by atoms with Gasteiger partial charge in [0.25, 0.3) is 0 Å². The van der Waals surface area contributed by atoms with Crippen LogP contribution < -0.4 is 9.80 Å². The van der Waals surface area contributed by atoms with Crippen molar-refractivity contribution in [1.29, 1.82) is 0 Å². The smallest absolute Gasteiger partial charge is 0.0645 e. The van der Waals surface area contributed by atoms with Crippen LogP contribution in [0.1, 0.15) is 236 Å². The van der Waals surface area contributed by atoms with Crippen molar-refractivity contribution in [2.24, 2.45) is 0 Å². The zero-order valence-electron chi connectivity index (χ0n) is 88.4. The molecule has 2 aliphatic heterocycles. The number of hydrogen-bond acceptors (Lipinski definition) is 2. The Morgan fingerprint density at radius 1 is 0.264 bits per heavy atom. The first-order valence-corrected chi connectivity index (χ1v) is 42.5. The Labute approximate surface area is 739 Å². The molecule has 0 saturated carbocycles. The first-order valence-electron chi connectivity index (χ1n) is 50.5. The van der Waals surface area contributed by atoms with Gasteiger partial charge in [-0.3, -0.25) is 0 Å². The minimum atomic E-state index is -0.836. The van der Waals surface area contributed by atoms with Gasteiger partial charge in [-0.05, 0) is 218 Å². The summed E-state index contributed by atoms with van der Waals surface area (Å²) in [5.74, 6) is -1.32. The quantitative estimate of drug-likeness (QED) is 0.143. The zero-order valence-corrected chi connectivity index (χ0v) is 72.4. The summed E-state index contributed by atoms with van der Waals surface area (Å²) >= 11 is 0. The molecule has 0 bridgehead atoms. The zero-order chi connectivity index (χ0) is 97.8. The standard InChI is InChI=1S/C117H110N4/c1-112(2,3)79-51-43-72(44-52-79)95-66-83(116(13,14)15)67-96(73-45-53-80(54-46-73)113(4,5)6)110(95)120-103-70-85(118-99-39-27-23-35-89(99)90-36-24-28-40-100(90)118)59-61-93(103)108-94-62-60-86(119-101-41-29-25-37-91(101)92-38-26-30-42-102(92)119)71-104(94)121(106-65-78(64-105(120)109(106)108)107-87-33-21-19-31-76(87)63-77-32-20-22-34-88(77)107)111-97(74-47-55-81(56-48-74)114(7,8)9)68-84(117(16,17)18)69-98(111)75-49-57-82(58-50-75)115(10,11)12/h19-62,64-71,107-108H,63H2,1-18H3/i23D,24D,25D,26D,27D,28D,29D,30D,35D,36D,37D,38D,39D,40D,41D,42D. The van der Waals surface area contributed by atoms with E-state index in [9.17, 15) is 21.9 Å². The molecule has 0 spiro atoms. The van der Waals surface area contributed by atoms with Gasteiger partial charge >= 0.3 is 0 Å².